The van der Waals surface area contributed by atoms with Crippen molar-refractivity contribution < 1.29 is 19.7 Å². The molecular weight excluding hydrogens is 294 g/mol. The van der Waals surface area contributed by atoms with Crippen LogP contribution in [0.25, 0.3) is 10.8 Å². The van der Waals surface area contributed by atoms with Crippen LogP contribution < -0.4 is 10.5 Å². The Morgan fingerprint density at radius 3 is 2.22 bits per heavy atom. The number of esters is 1. The van der Waals surface area contributed by atoms with Gasteiger partial charge < -0.3 is 20.7 Å². The molecule has 5 heteroatoms. The lowest BCUT2D eigenvalue weighted by Crippen LogP contribution is -2.09. The number of hydrogen-bond donors (Lipinski definition) is 3. The Labute approximate surface area is 132 Å². The second kappa shape index (κ2) is 5.53. The Hall–Kier alpha value is -3.21. The smallest absolute Gasteiger partial charge is 0.343 e. The molecule has 3 rings (SSSR count). The van der Waals surface area contributed by atoms with Crippen molar-refractivity contribution in [2.75, 3.05) is 5.73 Å². The first-order valence-electron chi connectivity index (χ1n) is 7.00. The second-order valence-corrected chi connectivity index (χ2v) is 5.21. The standard InChI is InChI=1S/C18H15NO4/c1-10-15(20)13-4-2-3-5-14(13)17(16(10)21)23-18(22)11-6-8-12(19)9-7-11/h2-9,20-21H,19H2,1H3. The van der Waals surface area contributed by atoms with Crippen LogP contribution in [0.2, 0.25) is 0 Å². The molecule has 0 fully saturated rings. The first-order chi connectivity index (χ1) is 11.0. The molecule has 3 aromatic rings. The number of phenolic OH excluding ortho intramolecular Hbond substituents is 2. The topological polar surface area (TPSA) is 92.8 Å². The summed E-state index contributed by atoms with van der Waals surface area (Å²) in [5.74, 6) is -0.886. The number of rotatable bonds is 2. The van der Waals surface area contributed by atoms with Crippen LogP contribution in [0.15, 0.2) is 48.5 Å². The van der Waals surface area contributed by atoms with Gasteiger partial charge in [-0.15, -0.1) is 0 Å². The largest absolute Gasteiger partial charge is 0.507 e. The van der Waals surface area contributed by atoms with Gasteiger partial charge in [-0.05, 0) is 31.2 Å². The maximum atomic E-state index is 12.3. The third-order valence-electron chi connectivity index (χ3n) is 3.69. The second-order valence-electron chi connectivity index (χ2n) is 5.21. The molecule has 5 nitrogen and oxygen atoms in total. The van der Waals surface area contributed by atoms with Crippen LogP contribution in [0.3, 0.4) is 0 Å². The van der Waals surface area contributed by atoms with Crippen molar-refractivity contribution in [3.8, 4) is 17.2 Å². The van der Waals surface area contributed by atoms with Crippen LogP contribution in [0.4, 0.5) is 5.69 Å². The molecule has 0 aliphatic rings. The van der Waals surface area contributed by atoms with Crippen LogP contribution in [0.1, 0.15) is 15.9 Å². The van der Waals surface area contributed by atoms with Crippen LogP contribution >= 0.6 is 0 Å². The Kier molecular flexibility index (Phi) is 3.54. The summed E-state index contributed by atoms with van der Waals surface area (Å²) in [7, 11) is 0. The molecule has 0 aromatic heterocycles. The van der Waals surface area contributed by atoms with E-state index in [4.69, 9.17) is 10.5 Å². The Balaban J connectivity index is 2.09. The Bertz CT molecular complexity index is 901. The third-order valence-corrected chi connectivity index (χ3v) is 3.69. The van der Waals surface area contributed by atoms with E-state index in [1.54, 1.807) is 55.5 Å². The summed E-state index contributed by atoms with van der Waals surface area (Å²) in [6.45, 7) is 1.55. The molecular formula is C18H15NO4. The Morgan fingerprint density at radius 2 is 1.57 bits per heavy atom. The molecule has 4 N–H and O–H groups in total. The maximum Gasteiger partial charge on any atom is 0.343 e. The number of fused-ring (bicyclic) bond motifs is 1. The van der Waals surface area contributed by atoms with Gasteiger partial charge in [0.05, 0.1) is 5.56 Å². The maximum absolute atomic E-state index is 12.3. The lowest BCUT2D eigenvalue weighted by Gasteiger charge is -2.14. The highest BCUT2D eigenvalue weighted by Gasteiger charge is 2.20. The molecule has 0 radical (unpaired) electrons. The molecule has 0 saturated heterocycles. The highest BCUT2D eigenvalue weighted by Crippen LogP contribution is 2.44. The average molecular weight is 309 g/mol. The molecule has 0 amide bonds. The summed E-state index contributed by atoms with van der Waals surface area (Å²) >= 11 is 0. The van der Waals surface area contributed by atoms with Gasteiger partial charge in [-0.3, -0.25) is 0 Å². The van der Waals surface area contributed by atoms with E-state index in [0.717, 1.165) is 0 Å². The van der Waals surface area contributed by atoms with Gasteiger partial charge in [-0.25, -0.2) is 4.79 Å². The van der Waals surface area contributed by atoms with E-state index in [1.165, 1.54) is 0 Å². The van der Waals surface area contributed by atoms with Gasteiger partial charge >= 0.3 is 5.97 Å². The number of anilines is 1. The average Bonchev–Trinajstić information content (AvgIpc) is 2.57. The van der Waals surface area contributed by atoms with Gasteiger partial charge in [-0.1, -0.05) is 24.3 Å². The molecule has 0 atom stereocenters. The number of carbonyl (C=O) groups excluding carboxylic acids is 1. The quantitative estimate of drug-likeness (QED) is 0.383. The monoisotopic (exact) mass is 309 g/mol. The minimum absolute atomic E-state index is 0.0257. The highest BCUT2D eigenvalue weighted by atomic mass is 16.5. The zero-order chi connectivity index (χ0) is 16.6. The van der Waals surface area contributed by atoms with Gasteiger partial charge in [-0.2, -0.15) is 0 Å². The summed E-state index contributed by atoms with van der Waals surface area (Å²) in [5.41, 5.74) is 6.70. The van der Waals surface area contributed by atoms with Crippen molar-refractivity contribution in [2.24, 2.45) is 0 Å². The fourth-order valence-corrected chi connectivity index (χ4v) is 2.37. The number of nitrogen functional groups attached to an aromatic ring is 1. The van der Waals surface area contributed by atoms with Gasteiger partial charge in [0.15, 0.2) is 11.5 Å². The molecule has 0 heterocycles. The minimum atomic E-state index is -0.615. The zero-order valence-electron chi connectivity index (χ0n) is 12.4. The molecule has 3 aromatic carbocycles. The normalized spacial score (nSPS) is 10.7. The number of ether oxygens (including phenoxy) is 1. The summed E-state index contributed by atoms with van der Waals surface area (Å²) in [6.07, 6.45) is 0. The fourth-order valence-electron chi connectivity index (χ4n) is 2.37. The number of hydrogen-bond acceptors (Lipinski definition) is 5. The molecule has 0 aliphatic heterocycles. The SMILES string of the molecule is Cc1c(O)c(OC(=O)c2ccc(N)cc2)c2ccccc2c1O. The number of nitrogens with two attached hydrogens (primary N) is 1. The van der Waals surface area contributed by atoms with Crippen molar-refractivity contribution in [2.45, 2.75) is 6.92 Å². The predicted octanol–water partition coefficient (Wildman–Crippen LogP) is 3.36. The van der Waals surface area contributed by atoms with Crippen molar-refractivity contribution >= 4 is 22.4 Å². The highest BCUT2D eigenvalue weighted by molar-refractivity contribution is 6.00. The summed E-state index contributed by atoms with van der Waals surface area (Å²) < 4.78 is 5.38. The van der Waals surface area contributed by atoms with E-state index in [9.17, 15) is 15.0 Å². The third kappa shape index (κ3) is 2.53. The van der Waals surface area contributed by atoms with Gasteiger partial charge in [0.2, 0.25) is 0 Å². The van der Waals surface area contributed by atoms with Crippen molar-refractivity contribution in [3.63, 3.8) is 0 Å². The lowest BCUT2D eigenvalue weighted by molar-refractivity contribution is 0.0732. The molecule has 23 heavy (non-hydrogen) atoms. The Morgan fingerprint density at radius 1 is 0.957 bits per heavy atom. The van der Waals surface area contributed by atoms with E-state index in [0.29, 0.717) is 22.0 Å². The molecule has 0 unspecified atom stereocenters. The predicted molar refractivity (Wildman–Crippen MR) is 87.8 cm³/mol. The van der Waals surface area contributed by atoms with Crippen LogP contribution in [-0.2, 0) is 0 Å². The number of phenols is 2. The lowest BCUT2D eigenvalue weighted by atomic mass is 10.0. The van der Waals surface area contributed by atoms with Gasteiger partial charge in [0, 0.05) is 22.0 Å². The van der Waals surface area contributed by atoms with E-state index >= 15 is 0 Å². The van der Waals surface area contributed by atoms with Crippen LogP contribution in [-0.4, -0.2) is 16.2 Å². The molecule has 0 aliphatic carbocycles. The summed E-state index contributed by atoms with van der Waals surface area (Å²) in [5, 5.41) is 21.3. The minimum Gasteiger partial charge on any atom is -0.507 e. The van der Waals surface area contributed by atoms with Crippen molar-refractivity contribution in [1.82, 2.24) is 0 Å². The number of benzene rings is 3. The van der Waals surface area contributed by atoms with E-state index in [1.807, 2.05) is 0 Å². The number of carbonyl (C=O) groups is 1. The molecule has 116 valence electrons. The zero-order valence-corrected chi connectivity index (χ0v) is 12.4. The van der Waals surface area contributed by atoms with E-state index in [2.05, 4.69) is 0 Å². The molecule has 0 saturated carbocycles. The van der Waals surface area contributed by atoms with Crippen molar-refractivity contribution in [1.29, 1.82) is 0 Å². The van der Waals surface area contributed by atoms with Gasteiger partial charge in [0.1, 0.15) is 5.75 Å². The van der Waals surface area contributed by atoms with Gasteiger partial charge in [0.25, 0.3) is 0 Å². The fraction of sp³-hybridized carbons (Fsp3) is 0.0556. The first kappa shape index (κ1) is 14.7. The number of aromatic hydroxyl groups is 2. The van der Waals surface area contributed by atoms with E-state index in [-0.39, 0.29) is 22.8 Å². The summed E-state index contributed by atoms with van der Waals surface area (Å²) in [6, 6.07) is 13.1. The molecule has 0 bridgehead atoms. The van der Waals surface area contributed by atoms with E-state index < -0.39 is 5.97 Å². The first-order valence-corrected chi connectivity index (χ1v) is 7.00. The summed E-state index contributed by atoms with van der Waals surface area (Å²) in [4.78, 5) is 12.3. The molecule has 0 spiro atoms. The van der Waals surface area contributed by atoms with Crippen LogP contribution in [0, 0.1) is 6.92 Å². The van der Waals surface area contributed by atoms with Crippen LogP contribution in [0.5, 0.6) is 17.2 Å². The van der Waals surface area contributed by atoms with Crippen molar-refractivity contribution in [3.05, 3.63) is 59.7 Å².